The van der Waals surface area contributed by atoms with Crippen molar-refractivity contribution >= 4 is 64.3 Å². The molecule has 0 spiro atoms. The van der Waals surface area contributed by atoms with Crippen LogP contribution in [0, 0.1) is 34.9 Å². The Labute approximate surface area is 807 Å². The van der Waals surface area contributed by atoms with Crippen molar-refractivity contribution in [2.75, 3.05) is 39.9 Å². The first-order valence-electron chi connectivity index (χ1n) is 44.3. The number of fused-ring (bicyclic) bond motifs is 3. The SMILES string of the molecule is C.C.CC1(C)CC(c2ccc(N)cc2)C(=O)N1.CC1(C)C[C@H](c2ccc(Cc3nc(-c4c(F)cccc4F)nc4c3C(=O)NC4)cc2)C(=O)N1.CC1(C)C[C@H](c2ccc(N)cc2)C(=O)N1.COc1ccc(CN2Cc3nc(-c4c(F)cccc4F)nc(Cc4ccc([C@H]5CC(C)(C)NC5=O)cc4)c3C2=O)c(OC)c1.COc1ccc(CN2Cc3nc(-c4c(F)cccc4F)nc(Cl)c3C2=O)c(OC)c1. The summed E-state index contributed by atoms with van der Waals surface area (Å²) in [5.41, 5.74) is 20.8. The number of carbonyl (C=O) groups is 7. The Morgan fingerprint density at radius 1 is 0.374 bits per heavy atom. The van der Waals surface area contributed by atoms with Crippen LogP contribution in [0.25, 0.3) is 34.2 Å². The van der Waals surface area contributed by atoms with Gasteiger partial charge >= 0.3 is 0 Å². The van der Waals surface area contributed by atoms with Crippen molar-refractivity contribution in [2.45, 2.75) is 187 Å². The molecule has 0 radical (unpaired) electrons. The zero-order valence-corrected chi connectivity index (χ0v) is 78.1. The second kappa shape index (κ2) is 41.6. The number of nitrogen functional groups attached to an aromatic ring is 2. The Bertz CT molecular complexity index is 6570. The summed E-state index contributed by atoms with van der Waals surface area (Å²) in [4.78, 5) is 116. The van der Waals surface area contributed by atoms with Crippen LogP contribution in [0.2, 0.25) is 5.15 Å². The van der Waals surface area contributed by atoms with Crippen LogP contribution in [-0.2, 0) is 64.7 Å². The molecule has 3 aromatic heterocycles. The molecule has 4 saturated heterocycles. The van der Waals surface area contributed by atoms with Crippen LogP contribution >= 0.6 is 11.6 Å². The first kappa shape index (κ1) is 102. The van der Waals surface area contributed by atoms with Crippen molar-refractivity contribution in [3.05, 3.63) is 318 Å². The van der Waals surface area contributed by atoms with E-state index in [1.165, 1.54) is 30.2 Å². The molecular weight excluding hydrogens is 1810 g/mol. The molecule has 33 heteroatoms. The summed E-state index contributed by atoms with van der Waals surface area (Å²) >= 11 is 6.21. The van der Waals surface area contributed by atoms with E-state index >= 15 is 0 Å². The number of hydrogen-bond acceptors (Lipinski definition) is 19. The lowest BCUT2D eigenvalue weighted by Gasteiger charge is -2.18. The fourth-order valence-electron chi connectivity index (χ4n) is 18.1. The van der Waals surface area contributed by atoms with Gasteiger partial charge in [-0.15, -0.1) is 0 Å². The number of benzene rings is 9. The quantitative estimate of drug-likeness (QED) is 0.0225. The smallest absolute Gasteiger partial charge is 0.259 e. The molecule has 19 rings (SSSR count). The molecule has 9 aromatic carbocycles. The van der Waals surface area contributed by atoms with Gasteiger partial charge in [0.05, 0.1) is 141 Å². The minimum atomic E-state index is -0.810. The zero-order chi connectivity index (χ0) is 98.0. The monoisotopic (exact) mass is 1920 g/mol. The topological polar surface area (TPSA) is 352 Å². The summed E-state index contributed by atoms with van der Waals surface area (Å²) in [6, 6.07) is 51.5. The van der Waals surface area contributed by atoms with Crippen LogP contribution in [-0.4, -0.2) is 132 Å². The molecule has 9 N–H and O–H groups in total. The molecule has 4 fully saturated rings. The summed E-state index contributed by atoms with van der Waals surface area (Å²) < 4.78 is 108. The molecule has 139 heavy (non-hydrogen) atoms. The van der Waals surface area contributed by atoms with Crippen molar-refractivity contribution in [1.82, 2.24) is 66.3 Å². The van der Waals surface area contributed by atoms with Gasteiger partial charge in [-0.2, -0.15) is 0 Å². The molecular formula is C106H110ClF6N15O11. The number of carbonyl (C=O) groups excluding carboxylic acids is 7. The van der Waals surface area contributed by atoms with E-state index in [4.69, 9.17) is 42.0 Å². The largest absolute Gasteiger partial charge is 0.497 e. The van der Waals surface area contributed by atoms with Gasteiger partial charge in [0.2, 0.25) is 23.6 Å². The van der Waals surface area contributed by atoms with Crippen LogP contribution in [0.4, 0.5) is 37.7 Å². The Hall–Kier alpha value is -14.8. The first-order chi connectivity index (χ1) is 65.2. The van der Waals surface area contributed by atoms with Crippen molar-refractivity contribution in [3.8, 4) is 57.2 Å². The number of nitrogens with two attached hydrogens (primary N) is 2. The number of amides is 7. The van der Waals surface area contributed by atoms with E-state index in [-0.39, 0.29) is 192 Å². The van der Waals surface area contributed by atoms with Gasteiger partial charge in [-0.05, 0) is 199 Å². The molecule has 10 heterocycles. The summed E-state index contributed by atoms with van der Waals surface area (Å²) in [5, 5.41) is 14.5. The standard InChI is InChI=1S/C34H32F2N4O4.C25H22F2N4O2.C21H16ClF2N3O3.2C12H16N2O.2CH4/c1-34(2)16-23(32(41)39-34)20-10-8-19(9-11-20)14-26-30-27(38-31(37-26)29-24(35)6-5-7-25(29)36)18-40(33(30)42)17-21-12-13-22(43-3)15-28(21)44-4;1-25(2)11-15(23(32)31-25)14-8-6-13(7-9-14)10-18-21-19(12-28-24(21)33)30-22(29-18)20-16(26)4-3-5-17(20)27;1-29-12-7-6-11(16(8-12)30-2)9-27-10-15-18(21(27)28)19(22)26-20(25-15)17-13(23)4-3-5-14(17)24;2*1-12(2)7-10(11(15)14-12)8-3-5-9(13)6-4-8;;/h5-13,15,23H,14,16-18H2,1-4H3,(H,39,41);3-9,15H,10-12H2,1-2H3,(H,28,33)(H,31,32);3-8H,9-10H2,1-2H3;2*3-6,10H,7,13H2,1-2H3,(H,14,15);2*1H4/t23-;15-;;10-;;;/m11.1.../s1. The fourth-order valence-corrected chi connectivity index (χ4v) is 18.3. The van der Waals surface area contributed by atoms with Crippen LogP contribution in [0.15, 0.2) is 188 Å². The van der Waals surface area contributed by atoms with Gasteiger partial charge in [-0.25, -0.2) is 56.2 Å². The van der Waals surface area contributed by atoms with Crippen LogP contribution in [0.3, 0.4) is 0 Å². The number of halogens is 7. The van der Waals surface area contributed by atoms with Crippen molar-refractivity contribution in [2.24, 2.45) is 0 Å². The molecule has 0 bridgehead atoms. The molecule has 1 unspecified atom stereocenters. The molecule has 4 atom stereocenters. The van der Waals surface area contributed by atoms with Gasteiger partial charge in [0.25, 0.3) is 17.7 Å². The van der Waals surface area contributed by atoms with Gasteiger partial charge < -0.3 is 66.8 Å². The number of nitrogens with zero attached hydrogens (tertiary/aromatic N) is 8. The maximum Gasteiger partial charge on any atom is 0.259 e. The average molecular weight is 1920 g/mol. The summed E-state index contributed by atoms with van der Waals surface area (Å²) in [6.07, 6.45) is 3.59. The number of aromatic nitrogens is 6. The van der Waals surface area contributed by atoms with E-state index in [9.17, 15) is 59.9 Å². The Morgan fingerprint density at radius 2 is 0.676 bits per heavy atom. The van der Waals surface area contributed by atoms with Crippen LogP contribution in [0.1, 0.15) is 224 Å². The number of methoxy groups -OCH3 is 4. The van der Waals surface area contributed by atoms with E-state index in [1.54, 1.807) is 56.6 Å². The minimum absolute atomic E-state index is 0. The van der Waals surface area contributed by atoms with Gasteiger partial charge in [0.1, 0.15) is 68.6 Å². The highest BCUT2D eigenvalue weighted by Gasteiger charge is 2.44. The normalized spacial score (nSPS) is 17.8. The lowest BCUT2D eigenvalue weighted by Crippen LogP contribution is -2.34. The third-order valence-electron chi connectivity index (χ3n) is 24.8. The van der Waals surface area contributed by atoms with Crippen molar-refractivity contribution in [1.29, 1.82) is 0 Å². The number of anilines is 2. The number of hydrogen-bond donors (Lipinski definition) is 7. The number of rotatable bonds is 19. The van der Waals surface area contributed by atoms with E-state index in [0.29, 0.717) is 75.4 Å². The number of nitrogens with one attached hydrogen (secondary N) is 5. The molecule has 7 amide bonds. The highest BCUT2D eigenvalue weighted by molar-refractivity contribution is 6.33. The molecule has 724 valence electrons. The molecule has 0 saturated carbocycles. The van der Waals surface area contributed by atoms with E-state index < -0.39 is 34.9 Å². The van der Waals surface area contributed by atoms with E-state index in [1.807, 2.05) is 159 Å². The summed E-state index contributed by atoms with van der Waals surface area (Å²) in [6.45, 7) is 17.0. The second-order valence-corrected chi connectivity index (χ2v) is 37.5. The van der Waals surface area contributed by atoms with E-state index in [0.717, 1.165) is 105 Å². The summed E-state index contributed by atoms with van der Waals surface area (Å²) in [5.74, 6) is -4.00. The lowest BCUT2D eigenvalue weighted by molar-refractivity contribution is -0.121. The predicted octanol–water partition coefficient (Wildman–Crippen LogP) is 18.0. The van der Waals surface area contributed by atoms with Crippen LogP contribution < -0.4 is 57.0 Å². The van der Waals surface area contributed by atoms with Gasteiger partial charge in [-0.1, -0.05) is 117 Å². The highest BCUT2D eigenvalue weighted by Crippen LogP contribution is 2.42. The maximum atomic E-state index is 14.9. The fraction of sp³-hybridized carbons (Fsp3) is 0.311. The van der Waals surface area contributed by atoms with E-state index in [2.05, 4.69) is 56.5 Å². The average Bonchev–Trinajstić information content (AvgIpc) is 1.64. The highest BCUT2D eigenvalue weighted by atomic mass is 35.5. The minimum Gasteiger partial charge on any atom is -0.497 e. The zero-order valence-electron chi connectivity index (χ0n) is 77.4. The Kier molecular flexibility index (Phi) is 30.4. The third-order valence-corrected chi connectivity index (χ3v) is 25.1. The summed E-state index contributed by atoms with van der Waals surface area (Å²) in [7, 11) is 6.18. The van der Waals surface area contributed by atoms with Crippen LogP contribution in [0.5, 0.6) is 23.0 Å². The van der Waals surface area contributed by atoms with Gasteiger partial charge in [-0.3, -0.25) is 33.6 Å². The number of ether oxygens (including phenoxy) is 4. The maximum absolute atomic E-state index is 14.9. The molecule has 7 aliphatic rings. The molecule has 26 nitrogen and oxygen atoms in total. The molecule has 12 aromatic rings. The Balaban J connectivity index is 0.000000154. The van der Waals surface area contributed by atoms with Crippen molar-refractivity contribution < 1.29 is 78.9 Å². The predicted molar refractivity (Wildman–Crippen MR) is 517 cm³/mol. The Morgan fingerprint density at radius 3 is 0.993 bits per heavy atom. The molecule has 0 aliphatic carbocycles. The third kappa shape index (κ3) is 22.7. The lowest BCUT2D eigenvalue weighted by atomic mass is 9.90. The first-order valence-corrected chi connectivity index (χ1v) is 44.7. The second-order valence-electron chi connectivity index (χ2n) is 37.1. The van der Waals surface area contributed by atoms with Gasteiger partial charge in [0.15, 0.2) is 17.5 Å². The van der Waals surface area contributed by atoms with Crippen molar-refractivity contribution in [3.63, 3.8) is 0 Å². The molecule has 7 aliphatic heterocycles. The van der Waals surface area contributed by atoms with Gasteiger partial charge in [0, 0.05) is 69.6 Å².